The van der Waals surface area contributed by atoms with Gasteiger partial charge in [-0.3, -0.25) is 4.68 Å². The molecule has 0 saturated heterocycles. The third-order valence-electron chi connectivity index (χ3n) is 2.18. The summed E-state index contributed by atoms with van der Waals surface area (Å²) in [6, 6.07) is 0. The van der Waals surface area contributed by atoms with E-state index in [0.717, 1.165) is 5.56 Å². The molecule has 0 amide bonds. The second-order valence-electron chi connectivity index (χ2n) is 3.37. The van der Waals surface area contributed by atoms with Crippen LogP contribution in [0.15, 0.2) is 12.4 Å². The van der Waals surface area contributed by atoms with Gasteiger partial charge in [0.25, 0.3) is 0 Å². The van der Waals surface area contributed by atoms with Crippen LogP contribution in [0.1, 0.15) is 5.56 Å². The molecule has 0 saturated carbocycles. The van der Waals surface area contributed by atoms with Crippen molar-refractivity contribution in [3.05, 3.63) is 18.0 Å². The normalized spacial score (nSPS) is 11.2. The SMILES string of the molecule is COC(CNCc1cnn(CCO)c1)OC. The number of hydrogen-bond donors (Lipinski definition) is 2. The van der Waals surface area contributed by atoms with Gasteiger partial charge in [0, 0.05) is 39.1 Å². The monoisotopic (exact) mass is 229 g/mol. The first-order valence-electron chi connectivity index (χ1n) is 5.18. The highest BCUT2D eigenvalue weighted by Crippen LogP contribution is 1.97. The molecule has 16 heavy (non-hydrogen) atoms. The Hall–Kier alpha value is -0.950. The van der Waals surface area contributed by atoms with Crippen molar-refractivity contribution >= 4 is 0 Å². The van der Waals surface area contributed by atoms with Crippen molar-refractivity contribution in [3.8, 4) is 0 Å². The Kier molecular flexibility index (Phi) is 6.02. The van der Waals surface area contributed by atoms with Crippen LogP contribution in [0.3, 0.4) is 0 Å². The van der Waals surface area contributed by atoms with E-state index in [1.165, 1.54) is 0 Å². The molecule has 0 unspecified atom stereocenters. The summed E-state index contributed by atoms with van der Waals surface area (Å²) >= 11 is 0. The minimum absolute atomic E-state index is 0.101. The maximum absolute atomic E-state index is 8.73. The maximum Gasteiger partial charge on any atom is 0.169 e. The van der Waals surface area contributed by atoms with E-state index < -0.39 is 0 Å². The molecule has 0 aliphatic rings. The van der Waals surface area contributed by atoms with Gasteiger partial charge in [-0.05, 0) is 0 Å². The van der Waals surface area contributed by atoms with Crippen LogP contribution in [0.5, 0.6) is 0 Å². The van der Waals surface area contributed by atoms with E-state index in [2.05, 4.69) is 10.4 Å². The summed E-state index contributed by atoms with van der Waals surface area (Å²) in [7, 11) is 3.21. The third kappa shape index (κ3) is 4.28. The zero-order valence-electron chi connectivity index (χ0n) is 9.72. The molecule has 2 N–H and O–H groups in total. The molecule has 1 rings (SSSR count). The number of aliphatic hydroxyl groups excluding tert-OH is 1. The molecule has 6 heteroatoms. The molecule has 0 spiro atoms. The second-order valence-corrected chi connectivity index (χ2v) is 3.37. The first-order valence-corrected chi connectivity index (χ1v) is 5.18. The van der Waals surface area contributed by atoms with Crippen LogP contribution in [0.2, 0.25) is 0 Å². The van der Waals surface area contributed by atoms with Gasteiger partial charge in [-0.15, -0.1) is 0 Å². The van der Waals surface area contributed by atoms with Gasteiger partial charge in [0.05, 0.1) is 19.3 Å². The van der Waals surface area contributed by atoms with Gasteiger partial charge in [0.15, 0.2) is 6.29 Å². The topological polar surface area (TPSA) is 68.5 Å². The number of aliphatic hydroxyl groups is 1. The summed E-state index contributed by atoms with van der Waals surface area (Å²) in [5, 5.41) is 16.0. The van der Waals surface area contributed by atoms with Gasteiger partial charge >= 0.3 is 0 Å². The van der Waals surface area contributed by atoms with Crippen molar-refractivity contribution in [1.82, 2.24) is 15.1 Å². The molecule has 1 aromatic heterocycles. The molecular weight excluding hydrogens is 210 g/mol. The fourth-order valence-corrected chi connectivity index (χ4v) is 1.32. The van der Waals surface area contributed by atoms with Crippen molar-refractivity contribution in [1.29, 1.82) is 0 Å². The maximum atomic E-state index is 8.73. The van der Waals surface area contributed by atoms with Crippen LogP contribution in [0.4, 0.5) is 0 Å². The van der Waals surface area contributed by atoms with Crippen molar-refractivity contribution in [2.24, 2.45) is 0 Å². The molecule has 0 fully saturated rings. The van der Waals surface area contributed by atoms with Crippen molar-refractivity contribution in [3.63, 3.8) is 0 Å². The van der Waals surface area contributed by atoms with E-state index in [9.17, 15) is 0 Å². The summed E-state index contributed by atoms with van der Waals surface area (Å²) in [6.45, 7) is 1.95. The van der Waals surface area contributed by atoms with Gasteiger partial charge < -0.3 is 19.9 Å². The molecule has 0 aliphatic heterocycles. The minimum Gasteiger partial charge on any atom is -0.394 e. The number of rotatable bonds is 8. The zero-order chi connectivity index (χ0) is 11.8. The van der Waals surface area contributed by atoms with Crippen molar-refractivity contribution in [2.75, 3.05) is 27.4 Å². The Bertz CT molecular complexity index is 287. The smallest absolute Gasteiger partial charge is 0.169 e. The number of nitrogens with one attached hydrogen (secondary N) is 1. The van der Waals surface area contributed by atoms with Crippen LogP contribution >= 0.6 is 0 Å². The summed E-state index contributed by atoms with van der Waals surface area (Å²) in [6.07, 6.45) is 3.45. The van der Waals surface area contributed by atoms with E-state index in [1.807, 2.05) is 6.20 Å². The molecule has 6 nitrogen and oxygen atoms in total. The molecular formula is C10H19N3O3. The van der Waals surface area contributed by atoms with Crippen LogP contribution in [-0.4, -0.2) is 48.5 Å². The van der Waals surface area contributed by atoms with E-state index in [-0.39, 0.29) is 12.9 Å². The number of hydrogen-bond acceptors (Lipinski definition) is 5. The Morgan fingerprint density at radius 2 is 2.25 bits per heavy atom. The third-order valence-corrected chi connectivity index (χ3v) is 2.18. The number of aromatic nitrogens is 2. The zero-order valence-corrected chi connectivity index (χ0v) is 9.72. The second kappa shape index (κ2) is 7.34. The Balaban J connectivity index is 2.25. The lowest BCUT2D eigenvalue weighted by atomic mass is 10.3. The lowest BCUT2D eigenvalue weighted by molar-refractivity contribution is -0.0989. The van der Waals surface area contributed by atoms with E-state index in [0.29, 0.717) is 19.6 Å². The predicted octanol–water partition coefficient (Wildman–Crippen LogP) is -0.416. The van der Waals surface area contributed by atoms with Crippen LogP contribution < -0.4 is 5.32 Å². The quantitative estimate of drug-likeness (QED) is 0.593. The molecule has 0 aromatic carbocycles. The molecule has 0 atom stereocenters. The Morgan fingerprint density at radius 3 is 2.88 bits per heavy atom. The minimum atomic E-state index is -0.229. The summed E-state index contributed by atoms with van der Waals surface area (Å²) in [4.78, 5) is 0. The molecule has 0 bridgehead atoms. The molecule has 92 valence electrons. The highest BCUT2D eigenvalue weighted by atomic mass is 16.7. The average molecular weight is 229 g/mol. The fourth-order valence-electron chi connectivity index (χ4n) is 1.32. The summed E-state index contributed by atoms with van der Waals surface area (Å²) < 4.78 is 11.8. The van der Waals surface area contributed by atoms with Gasteiger partial charge in [0.1, 0.15) is 0 Å². The molecule has 0 aliphatic carbocycles. The lowest BCUT2D eigenvalue weighted by Crippen LogP contribution is -2.29. The number of methoxy groups -OCH3 is 2. The molecule has 1 heterocycles. The van der Waals surface area contributed by atoms with E-state index in [4.69, 9.17) is 14.6 Å². The fraction of sp³-hybridized carbons (Fsp3) is 0.700. The van der Waals surface area contributed by atoms with Gasteiger partial charge in [-0.2, -0.15) is 5.10 Å². The first kappa shape index (κ1) is 13.1. The number of ether oxygens (including phenoxy) is 2. The Morgan fingerprint density at radius 1 is 1.50 bits per heavy atom. The largest absolute Gasteiger partial charge is 0.394 e. The Labute approximate surface area is 95.2 Å². The first-order chi connectivity index (χ1) is 7.80. The van der Waals surface area contributed by atoms with Gasteiger partial charge in [-0.1, -0.05) is 0 Å². The van der Waals surface area contributed by atoms with Gasteiger partial charge in [-0.25, -0.2) is 0 Å². The summed E-state index contributed by atoms with van der Waals surface area (Å²) in [5.74, 6) is 0. The lowest BCUT2D eigenvalue weighted by Gasteiger charge is -2.13. The number of nitrogens with zero attached hydrogens (tertiary/aromatic N) is 2. The van der Waals surface area contributed by atoms with Crippen LogP contribution in [0.25, 0.3) is 0 Å². The predicted molar refractivity (Wildman–Crippen MR) is 58.8 cm³/mol. The van der Waals surface area contributed by atoms with E-state index >= 15 is 0 Å². The highest BCUT2D eigenvalue weighted by Gasteiger charge is 2.04. The van der Waals surface area contributed by atoms with Crippen LogP contribution in [-0.2, 0) is 22.6 Å². The van der Waals surface area contributed by atoms with Gasteiger partial charge in [0.2, 0.25) is 0 Å². The van der Waals surface area contributed by atoms with E-state index in [1.54, 1.807) is 25.1 Å². The average Bonchev–Trinajstić information content (AvgIpc) is 2.73. The van der Waals surface area contributed by atoms with Crippen molar-refractivity contribution in [2.45, 2.75) is 19.4 Å². The molecule has 0 radical (unpaired) electrons. The van der Waals surface area contributed by atoms with Crippen molar-refractivity contribution < 1.29 is 14.6 Å². The summed E-state index contributed by atoms with van der Waals surface area (Å²) in [5.41, 5.74) is 1.07. The highest BCUT2D eigenvalue weighted by molar-refractivity contribution is 5.03. The van der Waals surface area contributed by atoms with Crippen LogP contribution in [0, 0.1) is 0 Å². The standard InChI is InChI=1S/C10H19N3O3/c1-15-10(16-2)7-11-5-9-6-12-13(8-9)3-4-14/h6,8,10-11,14H,3-5,7H2,1-2H3. The molecule has 1 aromatic rings.